The number of ether oxygens (including phenoxy) is 1. The fourth-order valence-corrected chi connectivity index (χ4v) is 5.13. The molecule has 1 aliphatic rings. The largest absolute Gasteiger partial charge is 0.459 e. The van der Waals surface area contributed by atoms with Gasteiger partial charge in [-0.1, -0.05) is 0 Å². The number of aromatic nitrogens is 5. The lowest BCUT2D eigenvalue weighted by Gasteiger charge is -2.31. The Kier molecular flexibility index (Phi) is 7.07. The number of esters is 1. The van der Waals surface area contributed by atoms with Crippen LogP contribution < -0.4 is 0 Å². The third-order valence-corrected chi connectivity index (χ3v) is 6.94. The van der Waals surface area contributed by atoms with E-state index in [1.807, 2.05) is 19.9 Å². The second-order valence-corrected chi connectivity index (χ2v) is 11.0. The average Bonchev–Trinajstić information content (AvgIpc) is 3.44. The normalized spacial score (nSPS) is 14.8. The smallest absolute Gasteiger partial charge is 0.326 e. The number of nitrogens with zero attached hydrogens (tertiary/aromatic N) is 7. The monoisotopic (exact) mass is 513 g/mol. The van der Waals surface area contributed by atoms with Gasteiger partial charge >= 0.3 is 5.97 Å². The molecule has 0 radical (unpaired) electrons. The molecule has 1 aliphatic heterocycles. The Morgan fingerprint density at radius 2 is 1.86 bits per heavy atom. The topological polar surface area (TPSA) is 123 Å². The summed E-state index contributed by atoms with van der Waals surface area (Å²) in [6, 6.07) is 1.82. The van der Waals surface area contributed by atoms with Crippen LogP contribution in [0, 0.1) is 13.8 Å². The van der Waals surface area contributed by atoms with E-state index in [2.05, 4.69) is 20.3 Å². The zero-order valence-corrected chi connectivity index (χ0v) is 22.3. The number of thiazole rings is 1. The van der Waals surface area contributed by atoms with E-state index in [9.17, 15) is 14.4 Å². The zero-order valence-electron chi connectivity index (χ0n) is 21.4. The molecular formula is C24H31N7O4S. The fourth-order valence-electron chi connectivity index (χ4n) is 4.16. The summed E-state index contributed by atoms with van der Waals surface area (Å²) in [5.41, 5.74) is 2.11. The van der Waals surface area contributed by atoms with Crippen LogP contribution in [0.2, 0.25) is 0 Å². The maximum Gasteiger partial charge on any atom is 0.326 e. The first-order chi connectivity index (χ1) is 16.9. The van der Waals surface area contributed by atoms with Crippen LogP contribution in [-0.2, 0) is 9.53 Å². The lowest BCUT2D eigenvalue weighted by atomic mass is 9.97. The molecule has 11 nitrogen and oxygen atoms in total. The van der Waals surface area contributed by atoms with Crippen molar-refractivity contribution in [1.29, 1.82) is 0 Å². The molecule has 4 rings (SSSR count). The quantitative estimate of drug-likeness (QED) is 0.477. The van der Waals surface area contributed by atoms with Gasteiger partial charge in [0, 0.05) is 37.5 Å². The molecular weight excluding hydrogens is 482 g/mol. The van der Waals surface area contributed by atoms with Gasteiger partial charge in [0.1, 0.15) is 17.8 Å². The van der Waals surface area contributed by atoms with Crippen LogP contribution in [-0.4, -0.2) is 84.7 Å². The Morgan fingerprint density at radius 1 is 1.17 bits per heavy atom. The number of aryl methyl sites for hydroxylation is 2. The Morgan fingerprint density at radius 3 is 2.53 bits per heavy atom. The molecule has 2 amide bonds. The molecule has 12 heteroatoms. The van der Waals surface area contributed by atoms with E-state index in [0.29, 0.717) is 35.8 Å². The zero-order chi connectivity index (χ0) is 26.2. The second-order valence-electron chi connectivity index (χ2n) is 10.1. The van der Waals surface area contributed by atoms with E-state index >= 15 is 0 Å². The maximum atomic E-state index is 13.1. The van der Waals surface area contributed by atoms with E-state index in [1.165, 1.54) is 16.2 Å². The Labute approximate surface area is 213 Å². The van der Waals surface area contributed by atoms with Crippen LogP contribution in [0.1, 0.15) is 76.9 Å². The van der Waals surface area contributed by atoms with Crippen molar-refractivity contribution in [2.75, 3.05) is 26.7 Å². The van der Waals surface area contributed by atoms with Gasteiger partial charge in [0.05, 0.1) is 16.4 Å². The summed E-state index contributed by atoms with van der Waals surface area (Å²) >= 11 is 1.43. The number of fused-ring (bicyclic) bond motifs is 1. The fraction of sp³-hybridized carbons (Fsp3) is 0.542. The molecule has 3 aromatic heterocycles. The Bertz CT molecular complexity index is 1300. The molecule has 1 fully saturated rings. The summed E-state index contributed by atoms with van der Waals surface area (Å²) in [5, 5.41) is 15.3. The molecule has 0 atom stereocenters. The summed E-state index contributed by atoms with van der Waals surface area (Å²) in [6.07, 6.45) is 1.46. The highest BCUT2D eigenvalue weighted by molar-refractivity contribution is 7.09. The summed E-state index contributed by atoms with van der Waals surface area (Å²) in [4.78, 5) is 45.6. The third kappa shape index (κ3) is 5.53. The number of rotatable bonds is 5. The van der Waals surface area contributed by atoms with Gasteiger partial charge in [-0.05, 0) is 47.5 Å². The number of piperidine rings is 1. The SMILES string of the molecule is Cc1cc2nnc(C(=O)N3CCC(c4nc(C(=O)N(C)CC(=O)OC(C)(C)C)cs4)CC3)c(C)n2n1. The highest BCUT2D eigenvalue weighted by atomic mass is 32.1. The lowest BCUT2D eigenvalue weighted by molar-refractivity contribution is -0.155. The Hall–Kier alpha value is -3.41. The number of hydrogen-bond donors (Lipinski definition) is 0. The van der Waals surface area contributed by atoms with Crippen molar-refractivity contribution in [2.45, 2.75) is 59.0 Å². The molecule has 1 saturated heterocycles. The van der Waals surface area contributed by atoms with Crippen molar-refractivity contribution in [1.82, 2.24) is 34.6 Å². The number of likely N-dealkylation sites (N-methyl/N-ethyl adjacent to an activating group) is 1. The van der Waals surface area contributed by atoms with Gasteiger partial charge in [-0.25, -0.2) is 9.50 Å². The minimum Gasteiger partial charge on any atom is -0.459 e. The van der Waals surface area contributed by atoms with Crippen LogP contribution in [0.25, 0.3) is 5.65 Å². The minimum absolute atomic E-state index is 0.143. The summed E-state index contributed by atoms with van der Waals surface area (Å²) in [7, 11) is 1.56. The summed E-state index contributed by atoms with van der Waals surface area (Å²) < 4.78 is 6.94. The Balaban J connectivity index is 1.35. The van der Waals surface area contributed by atoms with Gasteiger partial charge in [0.25, 0.3) is 11.8 Å². The van der Waals surface area contributed by atoms with E-state index in [1.54, 1.807) is 42.6 Å². The second kappa shape index (κ2) is 9.92. The van der Waals surface area contributed by atoms with Gasteiger partial charge in [-0.3, -0.25) is 14.4 Å². The number of carbonyl (C=O) groups is 3. The highest BCUT2D eigenvalue weighted by Gasteiger charge is 2.30. The number of likely N-dealkylation sites (tertiary alicyclic amines) is 1. The first-order valence-corrected chi connectivity index (χ1v) is 12.7. The summed E-state index contributed by atoms with van der Waals surface area (Å²) in [5.74, 6) is -0.797. The van der Waals surface area contributed by atoms with Crippen molar-refractivity contribution in [3.8, 4) is 0 Å². The van der Waals surface area contributed by atoms with Gasteiger partial charge in [-0.15, -0.1) is 21.5 Å². The molecule has 0 spiro atoms. The van der Waals surface area contributed by atoms with Crippen LogP contribution in [0.3, 0.4) is 0 Å². The van der Waals surface area contributed by atoms with Gasteiger partial charge in [0.15, 0.2) is 11.3 Å². The molecule has 0 aromatic carbocycles. The van der Waals surface area contributed by atoms with E-state index in [4.69, 9.17) is 4.74 Å². The van der Waals surface area contributed by atoms with Crippen LogP contribution in [0.5, 0.6) is 0 Å². The van der Waals surface area contributed by atoms with Crippen molar-refractivity contribution < 1.29 is 19.1 Å². The van der Waals surface area contributed by atoms with E-state index in [-0.39, 0.29) is 24.3 Å². The highest BCUT2D eigenvalue weighted by Crippen LogP contribution is 2.31. The molecule has 3 aromatic rings. The molecule has 0 saturated carbocycles. The number of amides is 2. The van der Waals surface area contributed by atoms with Crippen LogP contribution in [0.4, 0.5) is 0 Å². The van der Waals surface area contributed by atoms with Crippen LogP contribution in [0.15, 0.2) is 11.4 Å². The predicted molar refractivity (Wildman–Crippen MR) is 133 cm³/mol. The van der Waals surface area contributed by atoms with Crippen LogP contribution >= 0.6 is 11.3 Å². The third-order valence-electron chi connectivity index (χ3n) is 5.93. The predicted octanol–water partition coefficient (Wildman–Crippen LogP) is 2.63. The van der Waals surface area contributed by atoms with Gasteiger partial charge < -0.3 is 14.5 Å². The van der Waals surface area contributed by atoms with Crippen molar-refractivity contribution in [2.24, 2.45) is 0 Å². The minimum atomic E-state index is -0.610. The standard InChI is InChI=1S/C24H31N7O4S/c1-14-11-18-26-27-20(15(2)31(18)28-14)23(34)30-9-7-16(8-10-30)21-25-17(13-36-21)22(33)29(6)12-19(32)35-24(3,4)5/h11,13,16H,7-10,12H2,1-6H3. The molecule has 0 N–H and O–H groups in total. The molecule has 0 aliphatic carbocycles. The summed E-state index contributed by atoms with van der Waals surface area (Å²) in [6.45, 7) is 10.0. The number of hydrogen-bond acceptors (Lipinski definition) is 9. The lowest BCUT2D eigenvalue weighted by Crippen LogP contribution is -2.39. The first-order valence-electron chi connectivity index (χ1n) is 11.8. The molecule has 192 valence electrons. The van der Waals surface area contributed by atoms with Crippen molar-refractivity contribution >= 4 is 34.8 Å². The van der Waals surface area contributed by atoms with E-state index < -0.39 is 11.6 Å². The maximum absolute atomic E-state index is 13.1. The number of carbonyl (C=O) groups excluding carboxylic acids is 3. The van der Waals surface area contributed by atoms with Gasteiger partial charge in [-0.2, -0.15) is 5.10 Å². The van der Waals surface area contributed by atoms with Crippen molar-refractivity contribution in [3.63, 3.8) is 0 Å². The van der Waals surface area contributed by atoms with E-state index in [0.717, 1.165) is 23.5 Å². The molecule has 4 heterocycles. The van der Waals surface area contributed by atoms with Crippen molar-refractivity contribution in [3.05, 3.63) is 39.2 Å². The first kappa shape index (κ1) is 25.7. The van der Waals surface area contributed by atoms with Gasteiger partial charge in [0.2, 0.25) is 0 Å². The average molecular weight is 514 g/mol. The molecule has 0 unspecified atom stereocenters. The molecule has 0 bridgehead atoms. The molecule has 36 heavy (non-hydrogen) atoms.